The molecule has 0 unspecified atom stereocenters. The highest BCUT2D eigenvalue weighted by atomic mass is 16.1. The van der Waals surface area contributed by atoms with Crippen LogP contribution >= 0.6 is 0 Å². The second-order valence-electron chi connectivity index (χ2n) is 5.98. The lowest BCUT2D eigenvalue weighted by Gasteiger charge is -2.36. The first kappa shape index (κ1) is 15.0. The standard InChI is InChI=1S/C18H25NO/c1-2-13-19(14-17-9-5-3-6-10-17)15-18(16-20)11-7-4-8-12-18/h2-3,5-6,9-10,16H,1,4,7-8,11-15H2. The van der Waals surface area contributed by atoms with Gasteiger partial charge in [0, 0.05) is 25.0 Å². The summed E-state index contributed by atoms with van der Waals surface area (Å²) in [7, 11) is 0. The molecule has 0 radical (unpaired) electrons. The third kappa shape index (κ3) is 4.04. The lowest BCUT2D eigenvalue weighted by Crippen LogP contribution is -2.40. The second kappa shape index (κ2) is 7.39. The van der Waals surface area contributed by atoms with Crippen LogP contribution in [0.25, 0.3) is 0 Å². The fraction of sp³-hybridized carbons (Fsp3) is 0.500. The molecule has 0 bridgehead atoms. The summed E-state index contributed by atoms with van der Waals surface area (Å²) >= 11 is 0. The van der Waals surface area contributed by atoms with E-state index in [1.54, 1.807) is 0 Å². The summed E-state index contributed by atoms with van der Waals surface area (Å²) in [5.74, 6) is 0. The van der Waals surface area contributed by atoms with Crippen LogP contribution in [0.2, 0.25) is 0 Å². The van der Waals surface area contributed by atoms with Gasteiger partial charge in [0.25, 0.3) is 0 Å². The van der Waals surface area contributed by atoms with Crippen LogP contribution in [0.4, 0.5) is 0 Å². The van der Waals surface area contributed by atoms with E-state index < -0.39 is 0 Å². The Labute approximate surface area is 122 Å². The van der Waals surface area contributed by atoms with Gasteiger partial charge < -0.3 is 4.79 Å². The molecular weight excluding hydrogens is 246 g/mol. The van der Waals surface area contributed by atoms with Gasteiger partial charge in [0.05, 0.1) is 0 Å². The molecule has 20 heavy (non-hydrogen) atoms. The van der Waals surface area contributed by atoms with Crippen molar-refractivity contribution in [3.05, 3.63) is 48.6 Å². The summed E-state index contributed by atoms with van der Waals surface area (Å²) < 4.78 is 0. The van der Waals surface area contributed by atoms with E-state index >= 15 is 0 Å². The maximum Gasteiger partial charge on any atom is 0.127 e. The van der Waals surface area contributed by atoms with Crippen LogP contribution < -0.4 is 0 Å². The first-order valence-corrected chi connectivity index (χ1v) is 7.61. The monoisotopic (exact) mass is 271 g/mol. The van der Waals surface area contributed by atoms with E-state index in [1.165, 1.54) is 31.1 Å². The normalized spacial score (nSPS) is 17.9. The molecule has 1 fully saturated rings. The Kier molecular flexibility index (Phi) is 5.54. The van der Waals surface area contributed by atoms with Crippen molar-refractivity contribution < 1.29 is 4.79 Å². The number of carbonyl (C=O) groups is 1. The van der Waals surface area contributed by atoms with Gasteiger partial charge in [-0.05, 0) is 18.4 Å². The van der Waals surface area contributed by atoms with Crippen molar-refractivity contribution in [3.8, 4) is 0 Å². The van der Waals surface area contributed by atoms with Crippen molar-refractivity contribution >= 4 is 6.29 Å². The Hall–Kier alpha value is -1.41. The van der Waals surface area contributed by atoms with Gasteiger partial charge >= 0.3 is 0 Å². The van der Waals surface area contributed by atoms with E-state index in [-0.39, 0.29) is 5.41 Å². The Balaban J connectivity index is 2.04. The molecule has 108 valence electrons. The average molecular weight is 271 g/mol. The largest absolute Gasteiger partial charge is 0.303 e. The van der Waals surface area contributed by atoms with Crippen LogP contribution in [0.1, 0.15) is 37.7 Å². The van der Waals surface area contributed by atoms with Crippen molar-refractivity contribution in [2.75, 3.05) is 13.1 Å². The highest BCUT2D eigenvalue weighted by molar-refractivity contribution is 5.60. The molecule has 2 heteroatoms. The minimum atomic E-state index is -0.129. The topological polar surface area (TPSA) is 20.3 Å². The van der Waals surface area contributed by atoms with Gasteiger partial charge in [0.15, 0.2) is 0 Å². The van der Waals surface area contributed by atoms with Crippen LogP contribution in [-0.4, -0.2) is 24.3 Å². The number of hydrogen-bond acceptors (Lipinski definition) is 2. The molecule has 0 aliphatic heterocycles. The zero-order valence-electron chi connectivity index (χ0n) is 12.3. The van der Waals surface area contributed by atoms with Gasteiger partial charge in [0.2, 0.25) is 0 Å². The number of aldehydes is 1. The summed E-state index contributed by atoms with van der Waals surface area (Å²) in [5.41, 5.74) is 1.17. The predicted octanol–water partition coefficient (Wildman–Crippen LogP) is 3.82. The molecule has 1 aliphatic carbocycles. The lowest BCUT2D eigenvalue weighted by molar-refractivity contribution is -0.119. The maximum absolute atomic E-state index is 11.6. The molecule has 2 nitrogen and oxygen atoms in total. The molecule has 0 spiro atoms. The molecule has 0 saturated heterocycles. The summed E-state index contributed by atoms with van der Waals surface area (Å²) in [6.07, 6.45) is 8.88. The SMILES string of the molecule is C=CCN(Cc1ccccc1)CC1(C=O)CCCCC1. The van der Waals surface area contributed by atoms with Crippen molar-refractivity contribution in [2.24, 2.45) is 5.41 Å². The van der Waals surface area contributed by atoms with Crippen LogP contribution in [0.3, 0.4) is 0 Å². The van der Waals surface area contributed by atoms with Gasteiger partial charge in [0.1, 0.15) is 6.29 Å². The molecule has 1 aromatic carbocycles. The predicted molar refractivity (Wildman–Crippen MR) is 83.5 cm³/mol. The Morgan fingerprint density at radius 2 is 1.85 bits per heavy atom. The van der Waals surface area contributed by atoms with E-state index in [1.807, 2.05) is 12.1 Å². The highest BCUT2D eigenvalue weighted by Crippen LogP contribution is 2.35. The summed E-state index contributed by atoms with van der Waals surface area (Å²) in [5, 5.41) is 0. The van der Waals surface area contributed by atoms with Crippen LogP contribution in [0.5, 0.6) is 0 Å². The third-order valence-electron chi connectivity index (χ3n) is 4.27. The fourth-order valence-corrected chi connectivity index (χ4v) is 3.22. The minimum Gasteiger partial charge on any atom is -0.303 e. The third-order valence-corrected chi connectivity index (χ3v) is 4.27. The molecule has 0 N–H and O–H groups in total. The average Bonchev–Trinajstić information content (AvgIpc) is 2.49. The smallest absolute Gasteiger partial charge is 0.127 e. The summed E-state index contributed by atoms with van der Waals surface area (Å²) in [4.78, 5) is 14.0. The zero-order valence-corrected chi connectivity index (χ0v) is 12.3. The van der Waals surface area contributed by atoms with Crippen LogP contribution in [0.15, 0.2) is 43.0 Å². The van der Waals surface area contributed by atoms with Crippen LogP contribution in [-0.2, 0) is 11.3 Å². The van der Waals surface area contributed by atoms with Gasteiger partial charge in [-0.1, -0.05) is 55.7 Å². The molecule has 0 heterocycles. The molecular formula is C18H25NO. The van der Waals surface area contributed by atoms with Gasteiger partial charge in [-0.3, -0.25) is 4.90 Å². The van der Waals surface area contributed by atoms with Crippen molar-refractivity contribution in [2.45, 2.75) is 38.6 Å². The first-order valence-electron chi connectivity index (χ1n) is 7.61. The molecule has 1 saturated carbocycles. The van der Waals surface area contributed by atoms with E-state index in [0.29, 0.717) is 0 Å². The Bertz CT molecular complexity index is 420. The number of rotatable bonds is 7. The van der Waals surface area contributed by atoms with E-state index in [0.717, 1.165) is 32.5 Å². The van der Waals surface area contributed by atoms with Crippen molar-refractivity contribution in [1.82, 2.24) is 4.90 Å². The van der Waals surface area contributed by atoms with E-state index in [9.17, 15) is 4.79 Å². The maximum atomic E-state index is 11.6. The van der Waals surface area contributed by atoms with Gasteiger partial charge in [-0.2, -0.15) is 0 Å². The lowest BCUT2D eigenvalue weighted by atomic mass is 9.75. The zero-order chi connectivity index (χ0) is 14.3. The molecule has 1 aromatic rings. The summed E-state index contributed by atoms with van der Waals surface area (Å²) in [6.45, 7) is 6.44. The summed E-state index contributed by atoms with van der Waals surface area (Å²) in [6, 6.07) is 10.5. The quantitative estimate of drug-likeness (QED) is 0.555. The van der Waals surface area contributed by atoms with E-state index in [2.05, 4.69) is 35.7 Å². The highest BCUT2D eigenvalue weighted by Gasteiger charge is 2.33. The van der Waals surface area contributed by atoms with E-state index in [4.69, 9.17) is 0 Å². The number of benzene rings is 1. The van der Waals surface area contributed by atoms with Crippen molar-refractivity contribution in [1.29, 1.82) is 0 Å². The fourth-order valence-electron chi connectivity index (χ4n) is 3.22. The molecule has 1 aliphatic rings. The van der Waals surface area contributed by atoms with Gasteiger partial charge in [-0.15, -0.1) is 6.58 Å². The molecule has 0 aromatic heterocycles. The first-order chi connectivity index (χ1) is 9.78. The minimum absolute atomic E-state index is 0.129. The van der Waals surface area contributed by atoms with Crippen molar-refractivity contribution in [3.63, 3.8) is 0 Å². The Morgan fingerprint density at radius 1 is 1.15 bits per heavy atom. The number of nitrogens with zero attached hydrogens (tertiary/aromatic N) is 1. The number of hydrogen-bond donors (Lipinski definition) is 0. The molecule has 0 amide bonds. The second-order valence-corrected chi connectivity index (χ2v) is 5.98. The molecule has 0 atom stereocenters. The van der Waals surface area contributed by atoms with Gasteiger partial charge in [-0.25, -0.2) is 0 Å². The number of carbonyl (C=O) groups excluding carboxylic acids is 1. The van der Waals surface area contributed by atoms with Crippen LogP contribution in [0, 0.1) is 5.41 Å². The molecule has 2 rings (SSSR count). The Morgan fingerprint density at radius 3 is 2.45 bits per heavy atom.